The number of hydrogen-bond acceptors (Lipinski definition) is 6. The van der Waals surface area contributed by atoms with Crippen LogP contribution in [0.1, 0.15) is 41.2 Å². The Morgan fingerprint density at radius 2 is 1.78 bits per heavy atom. The van der Waals surface area contributed by atoms with Crippen molar-refractivity contribution in [2.75, 3.05) is 20.7 Å². The molecule has 0 aliphatic carbocycles. The Labute approximate surface area is 159 Å². The molecule has 8 nitrogen and oxygen atoms in total. The molecule has 2 heterocycles. The number of carbonyl (C=O) groups is 2. The Morgan fingerprint density at radius 1 is 1.15 bits per heavy atom. The topological polar surface area (TPSA) is 90.2 Å². The van der Waals surface area contributed by atoms with Crippen LogP contribution < -0.4 is 0 Å². The van der Waals surface area contributed by atoms with Crippen LogP contribution in [-0.4, -0.2) is 57.2 Å². The summed E-state index contributed by atoms with van der Waals surface area (Å²) in [6.07, 6.45) is 1.12. The molecule has 27 heavy (non-hydrogen) atoms. The summed E-state index contributed by atoms with van der Waals surface area (Å²) in [6, 6.07) is 1.91. The average molecular weight is 373 g/mol. The first-order valence-electron chi connectivity index (χ1n) is 8.91. The molecule has 2 aromatic rings. The molecule has 1 amide bonds. The molecule has 0 unspecified atom stereocenters. The van der Waals surface area contributed by atoms with Gasteiger partial charge in [-0.2, -0.15) is 5.10 Å². The van der Waals surface area contributed by atoms with Gasteiger partial charge in [0.2, 0.25) is 5.91 Å². The van der Waals surface area contributed by atoms with E-state index in [4.69, 9.17) is 0 Å². The van der Waals surface area contributed by atoms with Gasteiger partial charge in [-0.1, -0.05) is 0 Å². The summed E-state index contributed by atoms with van der Waals surface area (Å²) in [5.74, 6) is 0.224. The van der Waals surface area contributed by atoms with Gasteiger partial charge in [0.05, 0.1) is 19.2 Å². The van der Waals surface area contributed by atoms with E-state index >= 15 is 0 Å². The van der Waals surface area contributed by atoms with E-state index in [0.29, 0.717) is 25.3 Å². The number of rotatable bonds is 7. The minimum atomic E-state index is -0.266. The molecular formula is C19H27N5O3. The molecule has 0 aliphatic rings. The Morgan fingerprint density at radius 3 is 2.37 bits per heavy atom. The molecule has 0 atom stereocenters. The molecule has 0 N–H and O–H groups in total. The van der Waals surface area contributed by atoms with Crippen LogP contribution in [0, 0.1) is 27.7 Å². The van der Waals surface area contributed by atoms with E-state index in [1.165, 1.54) is 7.11 Å². The smallest absolute Gasteiger partial charge is 0.305 e. The Balaban J connectivity index is 2.12. The highest BCUT2D eigenvalue weighted by Crippen LogP contribution is 2.18. The quantitative estimate of drug-likeness (QED) is 0.688. The third-order valence-electron chi connectivity index (χ3n) is 4.46. The zero-order valence-corrected chi connectivity index (χ0v) is 16.9. The number of amides is 1. The summed E-state index contributed by atoms with van der Waals surface area (Å²) in [4.78, 5) is 34.3. The lowest BCUT2D eigenvalue weighted by Crippen LogP contribution is -2.29. The number of aromatic nitrogens is 4. The van der Waals surface area contributed by atoms with Gasteiger partial charge in [0.1, 0.15) is 0 Å². The Kier molecular flexibility index (Phi) is 6.65. The van der Waals surface area contributed by atoms with Gasteiger partial charge >= 0.3 is 5.97 Å². The van der Waals surface area contributed by atoms with Gasteiger partial charge in [-0.05, 0) is 40.2 Å². The molecule has 0 saturated heterocycles. The predicted octanol–water partition coefficient (Wildman–Crippen LogP) is 1.85. The highest BCUT2D eigenvalue weighted by Gasteiger charge is 2.19. The fraction of sp³-hybridized carbons (Fsp3) is 0.526. The van der Waals surface area contributed by atoms with Gasteiger partial charge in [0.15, 0.2) is 0 Å². The van der Waals surface area contributed by atoms with Crippen molar-refractivity contribution in [1.82, 2.24) is 24.6 Å². The second-order valence-corrected chi connectivity index (χ2v) is 6.68. The number of ether oxygens (including phenoxy) is 1. The second-order valence-electron chi connectivity index (χ2n) is 6.68. The molecule has 0 radical (unpaired) electrons. The predicted molar refractivity (Wildman–Crippen MR) is 101 cm³/mol. The van der Waals surface area contributed by atoms with E-state index in [9.17, 15) is 9.59 Å². The van der Waals surface area contributed by atoms with Gasteiger partial charge in [-0.15, -0.1) is 0 Å². The van der Waals surface area contributed by atoms with Gasteiger partial charge in [0.25, 0.3) is 5.95 Å². The molecule has 0 bridgehead atoms. The van der Waals surface area contributed by atoms with Crippen molar-refractivity contribution in [2.45, 2.75) is 47.0 Å². The van der Waals surface area contributed by atoms with Gasteiger partial charge in [-0.25, -0.2) is 14.6 Å². The van der Waals surface area contributed by atoms with Crippen LogP contribution in [-0.2, 0) is 20.7 Å². The van der Waals surface area contributed by atoms with Crippen LogP contribution in [0.5, 0.6) is 0 Å². The number of aryl methyl sites for hydroxylation is 3. The molecule has 0 saturated carbocycles. The van der Waals surface area contributed by atoms with Gasteiger partial charge in [0, 0.05) is 42.7 Å². The molecule has 2 rings (SSSR count). The third-order valence-corrected chi connectivity index (χ3v) is 4.46. The SMILES string of the molecule is COC(=O)CCCN(C)C(=O)Cc1c(C)nn(-c2nc(C)cc(C)n2)c1C. The summed E-state index contributed by atoms with van der Waals surface area (Å²) >= 11 is 0. The van der Waals surface area contributed by atoms with Crippen molar-refractivity contribution in [3.05, 3.63) is 34.4 Å². The number of nitrogens with zero attached hydrogens (tertiary/aromatic N) is 5. The molecule has 2 aromatic heterocycles. The average Bonchev–Trinajstić information content (AvgIpc) is 2.88. The summed E-state index contributed by atoms with van der Waals surface area (Å²) in [5.41, 5.74) is 4.25. The first-order chi connectivity index (χ1) is 12.7. The molecule has 0 fully saturated rings. The van der Waals surface area contributed by atoms with Crippen molar-refractivity contribution >= 4 is 11.9 Å². The highest BCUT2D eigenvalue weighted by atomic mass is 16.5. The van der Waals surface area contributed by atoms with Crippen LogP contribution in [0.25, 0.3) is 5.95 Å². The van der Waals surface area contributed by atoms with Crippen molar-refractivity contribution in [1.29, 1.82) is 0 Å². The number of methoxy groups -OCH3 is 1. The van der Waals surface area contributed by atoms with Crippen LogP contribution in [0.2, 0.25) is 0 Å². The molecular weight excluding hydrogens is 346 g/mol. The molecule has 0 spiro atoms. The molecule has 8 heteroatoms. The summed E-state index contributed by atoms with van der Waals surface area (Å²) < 4.78 is 6.31. The first-order valence-corrected chi connectivity index (χ1v) is 8.91. The third kappa shape index (κ3) is 5.12. The monoisotopic (exact) mass is 373 g/mol. The number of hydrogen-bond donors (Lipinski definition) is 0. The maximum Gasteiger partial charge on any atom is 0.305 e. The number of likely N-dealkylation sites (N-methyl/N-ethyl adjacent to an activating group) is 1. The maximum absolute atomic E-state index is 12.6. The van der Waals surface area contributed by atoms with E-state index in [-0.39, 0.29) is 18.3 Å². The lowest BCUT2D eigenvalue weighted by atomic mass is 10.1. The van der Waals surface area contributed by atoms with Crippen LogP contribution in [0.4, 0.5) is 0 Å². The van der Waals surface area contributed by atoms with Gasteiger partial charge in [-0.3, -0.25) is 9.59 Å². The van der Waals surface area contributed by atoms with Crippen LogP contribution in [0.15, 0.2) is 6.07 Å². The van der Waals surface area contributed by atoms with Crippen molar-refractivity contribution in [2.24, 2.45) is 0 Å². The number of carbonyl (C=O) groups excluding carboxylic acids is 2. The lowest BCUT2D eigenvalue weighted by Gasteiger charge is -2.17. The summed E-state index contributed by atoms with van der Waals surface area (Å²) in [5, 5.41) is 4.53. The van der Waals surface area contributed by atoms with E-state index in [0.717, 1.165) is 28.3 Å². The fourth-order valence-corrected chi connectivity index (χ4v) is 2.90. The first kappa shape index (κ1) is 20.5. The van der Waals surface area contributed by atoms with Gasteiger partial charge < -0.3 is 9.64 Å². The van der Waals surface area contributed by atoms with E-state index < -0.39 is 0 Å². The summed E-state index contributed by atoms with van der Waals surface area (Å²) in [7, 11) is 3.10. The largest absolute Gasteiger partial charge is 0.469 e. The minimum absolute atomic E-state index is 0.0213. The maximum atomic E-state index is 12.6. The normalized spacial score (nSPS) is 10.7. The van der Waals surface area contributed by atoms with Crippen molar-refractivity contribution in [3.63, 3.8) is 0 Å². The zero-order chi connectivity index (χ0) is 20.1. The molecule has 146 valence electrons. The standard InChI is InChI=1S/C19H27N5O3/c1-12-10-13(2)21-19(20-12)24-15(4)16(14(3)22-24)11-17(25)23(5)9-7-8-18(26)27-6/h10H,7-9,11H2,1-6H3. The van der Waals surface area contributed by atoms with E-state index in [2.05, 4.69) is 19.8 Å². The fourth-order valence-electron chi connectivity index (χ4n) is 2.90. The summed E-state index contributed by atoms with van der Waals surface area (Å²) in [6.45, 7) is 8.13. The van der Waals surface area contributed by atoms with Crippen LogP contribution >= 0.6 is 0 Å². The molecule has 0 aliphatic heterocycles. The van der Waals surface area contributed by atoms with E-state index in [1.54, 1.807) is 16.6 Å². The molecule has 0 aromatic carbocycles. The van der Waals surface area contributed by atoms with Crippen LogP contribution in [0.3, 0.4) is 0 Å². The van der Waals surface area contributed by atoms with E-state index in [1.807, 2.05) is 33.8 Å². The highest BCUT2D eigenvalue weighted by molar-refractivity contribution is 5.79. The Bertz CT molecular complexity index is 824. The number of esters is 1. The lowest BCUT2D eigenvalue weighted by molar-refractivity contribution is -0.141. The second kappa shape index (κ2) is 8.75. The Hall–Kier alpha value is -2.77. The minimum Gasteiger partial charge on any atom is -0.469 e. The zero-order valence-electron chi connectivity index (χ0n) is 16.9. The van der Waals surface area contributed by atoms with Crippen molar-refractivity contribution < 1.29 is 14.3 Å². The van der Waals surface area contributed by atoms with Crippen molar-refractivity contribution in [3.8, 4) is 5.95 Å².